The zero-order chi connectivity index (χ0) is 20.1. The fourth-order valence-electron chi connectivity index (χ4n) is 3.07. The molecule has 0 N–H and O–H groups in total. The molecule has 3 rings (SSSR count). The smallest absolute Gasteiger partial charge is 0.234 e. The summed E-state index contributed by atoms with van der Waals surface area (Å²) in [7, 11) is 4.80. The Labute approximate surface area is 163 Å². The predicted octanol–water partition coefficient (Wildman–Crippen LogP) is 4.43. The van der Waals surface area contributed by atoms with Gasteiger partial charge in [0.05, 0.1) is 26.4 Å². The number of methoxy groups -OCH3 is 2. The lowest BCUT2D eigenvalue weighted by molar-refractivity contribution is -0.119. The number of hydrogen-bond donors (Lipinski definition) is 0. The van der Waals surface area contributed by atoms with Crippen LogP contribution in [0, 0.1) is 5.82 Å². The summed E-state index contributed by atoms with van der Waals surface area (Å²) in [5.74, 6) is 0.784. The van der Waals surface area contributed by atoms with Gasteiger partial charge >= 0.3 is 0 Å². The van der Waals surface area contributed by atoms with Gasteiger partial charge in [-0.1, -0.05) is 12.1 Å². The second-order valence-electron chi connectivity index (χ2n) is 6.32. The van der Waals surface area contributed by atoms with Gasteiger partial charge in [0.1, 0.15) is 11.6 Å². The lowest BCUT2D eigenvalue weighted by Crippen LogP contribution is -2.32. The molecule has 0 saturated carbocycles. The lowest BCUT2D eigenvalue weighted by Gasteiger charge is -2.24. The van der Waals surface area contributed by atoms with Crippen molar-refractivity contribution in [1.82, 2.24) is 0 Å². The van der Waals surface area contributed by atoms with Gasteiger partial charge in [0, 0.05) is 25.2 Å². The number of hydrogen-bond acceptors (Lipinski definition) is 4. The van der Waals surface area contributed by atoms with Gasteiger partial charge in [-0.2, -0.15) is 0 Å². The molecular formula is C22H22FNO4. The van der Waals surface area contributed by atoms with Crippen LogP contribution in [-0.4, -0.2) is 27.2 Å². The van der Waals surface area contributed by atoms with E-state index in [1.807, 2.05) is 6.07 Å². The average Bonchev–Trinajstić information content (AvgIpc) is 3.24. The van der Waals surface area contributed by atoms with E-state index < -0.39 is 5.92 Å². The van der Waals surface area contributed by atoms with Crippen LogP contribution < -0.4 is 14.4 Å². The zero-order valence-electron chi connectivity index (χ0n) is 16.0. The minimum Gasteiger partial charge on any atom is -0.493 e. The number of likely N-dealkylation sites (N-methyl/N-ethyl adjacent to an activating group) is 1. The van der Waals surface area contributed by atoms with Crippen molar-refractivity contribution < 1.29 is 23.1 Å². The Kier molecular flexibility index (Phi) is 5.99. The third-order valence-electron chi connectivity index (χ3n) is 4.64. The quantitative estimate of drug-likeness (QED) is 0.606. The molecular weight excluding hydrogens is 361 g/mol. The van der Waals surface area contributed by atoms with Gasteiger partial charge in [-0.3, -0.25) is 4.79 Å². The van der Waals surface area contributed by atoms with E-state index in [0.717, 1.165) is 5.56 Å². The van der Waals surface area contributed by atoms with Crippen molar-refractivity contribution in [3.8, 4) is 11.5 Å². The SMILES string of the molecule is COc1ccc(N(C)C(=O)C(Cc2ccco2)c2ccc(F)cc2)cc1OC. The number of benzene rings is 2. The summed E-state index contributed by atoms with van der Waals surface area (Å²) >= 11 is 0. The number of amides is 1. The number of carbonyl (C=O) groups is 1. The summed E-state index contributed by atoms with van der Waals surface area (Å²) in [6, 6.07) is 14.8. The van der Waals surface area contributed by atoms with E-state index in [4.69, 9.17) is 13.9 Å². The highest BCUT2D eigenvalue weighted by molar-refractivity contribution is 5.98. The van der Waals surface area contributed by atoms with Gasteiger partial charge in [-0.05, 0) is 42.0 Å². The number of furan rings is 1. The van der Waals surface area contributed by atoms with Crippen LogP contribution in [0.1, 0.15) is 17.2 Å². The lowest BCUT2D eigenvalue weighted by atomic mass is 9.93. The molecule has 0 bridgehead atoms. The molecule has 0 radical (unpaired) electrons. The fourth-order valence-corrected chi connectivity index (χ4v) is 3.07. The third-order valence-corrected chi connectivity index (χ3v) is 4.64. The molecule has 6 heteroatoms. The molecule has 0 aliphatic rings. The number of ether oxygens (including phenoxy) is 2. The summed E-state index contributed by atoms with van der Waals surface area (Å²) < 4.78 is 29.4. The summed E-state index contributed by atoms with van der Waals surface area (Å²) in [4.78, 5) is 14.9. The van der Waals surface area contributed by atoms with E-state index in [2.05, 4.69) is 0 Å². The average molecular weight is 383 g/mol. The summed E-state index contributed by atoms with van der Waals surface area (Å²) in [6.07, 6.45) is 1.94. The molecule has 146 valence electrons. The van der Waals surface area contributed by atoms with E-state index in [9.17, 15) is 9.18 Å². The maximum atomic E-state index is 13.4. The van der Waals surface area contributed by atoms with Crippen LogP contribution in [0.25, 0.3) is 0 Å². The highest BCUT2D eigenvalue weighted by atomic mass is 19.1. The number of carbonyl (C=O) groups excluding carboxylic acids is 1. The molecule has 1 atom stereocenters. The first-order chi connectivity index (χ1) is 13.5. The number of anilines is 1. The van der Waals surface area contributed by atoms with Crippen LogP contribution in [-0.2, 0) is 11.2 Å². The molecule has 0 aliphatic carbocycles. The maximum absolute atomic E-state index is 13.4. The third kappa shape index (κ3) is 4.17. The molecule has 28 heavy (non-hydrogen) atoms. The predicted molar refractivity (Wildman–Crippen MR) is 105 cm³/mol. The highest BCUT2D eigenvalue weighted by Crippen LogP contribution is 2.33. The number of halogens is 1. The summed E-state index contributed by atoms with van der Waals surface area (Å²) in [6.45, 7) is 0. The van der Waals surface area contributed by atoms with Crippen molar-refractivity contribution in [1.29, 1.82) is 0 Å². The molecule has 1 aromatic heterocycles. The van der Waals surface area contributed by atoms with Crippen molar-refractivity contribution in [3.05, 3.63) is 78.0 Å². The number of rotatable bonds is 7. The minimum atomic E-state index is -0.523. The standard InChI is InChI=1S/C22H22FNO4/c1-24(17-10-11-20(26-2)21(13-17)27-3)22(25)19(14-18-5-4-12-28-18)15-6-8-16(23)9-7-15/h4-13,19H,14H2,1-3H3. The van der Waals surface area contributed by atoms with E-state index >= 15 is 0 Å². The van der Waals surface area contributed by atoms with Gasteiger partial charge < -0.3 is 18.8 Å². The zero-order valence-corrected chi connectivity index (χ0v) is 16.0. The van der Waals surface area contributed by atoms with Crippen molar-refractivity contribution in [2.24, 2.45) is 0 Å². The Hall–Kier alpha value is -3.28. The molecule has 3 aromatic rings. The van der Waals surface area contributed by atoms with E-state index in [1.54, 1.807) is 68.8 Å². The topological polar surface area (TPSA) is 51.9 Å². The van der Waals surface area contributed by atoms with Gasteiger partial charge in [-0.25, -0.2) is 4.39 Å². The summed E-state index contributed by atoms with van der Waals surface area (Å²) in [5.41, 5.74) is 1.38. The molecule has 0 saturated heterocycles. The molecule has 1 unspecified atom stereocenters. The van der Waals surface area contributed by atoms with Crippen LogP contribution in [0.5, 0.6) is 11.5 Å². The van der Waals surface area contributed by atoms with Crippen molar-refractivity contribution in [2.45, 2.75) is 12.3 Å². The van der Waals surface area contributed by atoms with Gasteiger partial charge in [0.15, 0.2) is 11.5 Å². The van der Waals surface area contributed by atoms with E-state index in [-0.39, 0.29) is 11.7 Å². The Morgan fingerprint density at radius 1 is 1.07 bits per heavy atom. The first-order valence-electron chi connectivity index (χ1n) is 8.81. The van der Waals surface area contributed by atoms with Gasteiger partial charge in [0.2, 0.25) is 5.91 Å². The molecule has 2 aromatic carbocycles. The molecule has 1 heterocycles. The second-order valence-corrected chi connectivity index (χ2v) is 6.32. The fraction of sp³-hybridized carbons (Fsp3) is 0.227. The Balaban J connectivity index is 1.92. The highest BCUT2D eigenvalue weighted by Gasteiger charge is 2.26. The van der Waals surface area contributed by atoms with Crippen LogP contribution in [0.15, 0.2) is 65.3 Å². The summed E-state index contributed by atoms with van der Waals surface area (Å²) in [5, 5.41) is 0. The van der Waals surface area contributed by atoms with Crippen LogP contribution in [0.3, 0.4) is 0 Å². The Morgan fingerprint density at radius 3 is 2.39 bits per heavy atom. The Bertz CT molecular complexity index is 922. The van der Waals surface area contributed by atoms with Crippen molar-refractivity contribution in [2.75, 3.05) is 26.2 Å². The molecule has 1 amide bonds. The normalized spacial score (nSPS) is 11.7. The van der Waals surface area contributed by atoms with E-state index in [1.165, 1.54) is 12.1 Å². The maximum Gasteiger partial charge on any atom is 0.234 e. The first-order valence-corrected chi connectivity index (χ1v) is 8.81. The molecule has 0 fully saturated rings. The first kappa shape index (κ1) is 19.5. The van der Waals surface area contributed by atoms with Crippen molar-refractivity contribution >= 4 is 11.6 Å². The number of nitrogens with zero attached hydrogens (tertiary/aromatic N) is 1. The van der Waals surface area contributed by atoms with Crippen LogP contribution in [0.4, 0.5) is 10.1 Å². The van der Waals surface area contributed by atoms with Crippen LogP contribution >= 0.6 is 0 Å². The van der Waals surface area contributed by atoms with Crippen LogP contribution in [0.2, 0.25) is 0 Å². The Morgan fingerprint density at radius 2 is 1.79 bits per heavy atom. The minimum absolute atomic E-state index is 0.143. The molecule has 0 aliphatic heterocycles. The largest absolute Gasteiger partial charge is 0.493 e. The molecule has 5 nitrogen and oxygen atoms in total. The molecule has 0 spiro atoms. The van der Waals surface area contributed by atoms with Crippen molar-refractivity contribution in [3.63, 3.8) is 0 Å². The second kappa shape index (κ2) is 8.61. The van der Waals surface area contributed by atoms with Gasteiger partial charge in [0.25, 0.3) is 0 Å². The monoisotopic (exact) mass is 383 g/mol. The van der Waals surface area contributed by atoms with Gasteiger partial charge in [-0.15, -0.1) is 0 Å². The van der Waals surface area contributed by atoms with E-state index in [0.29, 0.717) is 29.4 Å².